The van der Waals surface area contributed by atoms with Crippen LogP contribution < -0.4 is 5.32 Å². The van der Waals surface area contributed by atoms with E-state index in [1.807, 2.05) is 37.3 Å². The van der Waals surface area contributed by atoms with Crippen molar-refractivity contribution in [3.63, 3.8) is 0 Å². The predicted octanol–water partition coefficient (Wildman–Crippen LogP) is 1.87. The fourth-order valence-corrected chi connectivity index (χ4v) is 1.19. The summed E-state index contributed by atoms with van der Waals surface area (Å²) in [7, 11) is 0. The number of alkyl carbamates (subject to hydrolysis) is 1. The van der Waals surface area contributed by atoms with Gasteiger partial charge in [0.25, 0.3) is 0 Å². The Hall–Kier alpha value is -2.04. The smallest absolute Gasteiger partial charge is 0.407 e. The topological polar surface area (TPSA) is 64.6 Å². The molecule has 1 rings (SSSR count). The molecule has 0 saturated carbocycles. The Morgan fingerprint density at radius 2 is 1.89 bits per heavy atom. The molecule has 5 nitrogen and oxygen atoms in total. The average Bonchev–Trinajstić information content (AvgIpc) is 2.41. The molecule has 0 aliphatic carbocycles. The Kier molecular flexibility index (Phi) is 6.32. The van der Waals surface area contributed by atoms with Crippen LogP contribution in [0.4, 0.5) is 4.79 Å². The van der Waals surface area contributed by atoms with E-state index in [4.69, 9.17) is 9.47 Å². The van der Waals surface area contributed by atoms with Gasteiger partial charge in [-0.3, -0.25) is 4.79 Å². The van der Waals surface area contributed by atoms with E-state index in [1.54, 1.807) is 0 Å². The molecule has 0 aliphatic heterocycles. The number of ether oxygens (including phenoxy) is 2. The number of carbonyl (C=O) groups is 2. The number of esters is 1. The number of nitrogens with one attached hydrogen (secondary N) is 1. The second-order valence-electron chi connectivity index (χ2n) is 3.64. The first-order chi connectivity index (χ1) is 8.72. The van der Waals surface area contributed by atoms with Gasteiger partial charge in [-0.05, 0) is 12.0 Å². The van der Waals surface area contributed by atoms with E-state index in [-0.39, 0.29) is 13.2 Å². The minimum Gasteiger partial charge on any atom is -0.464 e. The van der Waals surface area contributed by atoms with Gasteiger partial charge in [-0.15, -0.1) is 0 Å². The highest BCUT2D eigenvalue weighted by atomic mass is 16.6. The molecule has 18 heavy (non-hydrogen) atoms. The van der Waals surface area contributed by atoms with E-state index in [1.165, 1.54) is 0 Å². The van der Waals surface area contributed by atoms with Gasteiger partial charge in [0.2, 0.25) is 0 Å². The van der Waals surface area contributed by atoms with Gasteiger partial charge >= 0.3 is 12.1 Å². The fourth-order valence-electron chi connectivity index (χ4n) is 1.19. The summed E-state index contributed by atoms with van der Waals surface area (Å²) >= 11 is 0. The van der Waals surface area contributed by atoms with Gasteiger partial charge in [0.1, 0.15) is 13.2 Å². The largest absolute Gasteiger partial charge is 0.464 e. The van der Waals surface area contributed by atoms with Crippen LogP contribution in [-0.4, -0.2) is 25.2 Å². The Morgan fingerprint density at radius 3 is 2.56 bits per heavy atom. The van der Waals surface area contributed by atoms with Crippen molar-refractivity contribution in [3.8, 4) is 0 Å². The molecule has 0 aromatic heterocycles. The first-order valence-electron chi connectivity index (χ1n) is 5.82. The van der Waals surface area contributed by atoms with Gasteiger partial charge in [-0.25, -0.2) is 4.79 Å². The second kappa shape index (κ2) is 8.11. The van der Waals surface area contributed by atoms with Crippen molar-refractivity contribution in [2.24, 2.45) is 0 Å². The minimum absolute atomic E-state index is 0.173. The fraction of sp³-hybridized carbons (Fsp3) is 0.385. The molecule has 0 bridgehead atoms. The van der Waals surface area contributed by atoms with E-state index >= 15 is 0 Å². The van der Waals surface area contributed by atoms with Crippen molar-refractivity contribution in [3.05, 3.63) is 35.9 Å². The van der Waals surface area contributed by atoms with Gasteiger partial charge in [-0.2, -0.15) is 0 Å². The molecule has 1 N–H and O–H groups in total. The van der Waals surface area contributed by atoms with Crippen LogP contribution in [0.2, 0.25) is 0 Å². The maximum absolute atomic E-state index is 11.3. The summed E-state index contributed by atoms with van der Waals surface area (Å²) in [5.41, 5.74) is 0.890. The molecule has 1 amide bonds. The Morgan fingerprint density at radius 1 is 1.17 bits per heavy atom. The van der Waals surface area contributed by atoms with Gasteiger partial charge in [-0.1, -0.05) is 37.3 Å². The standard InChI is InChI=1S/C13H17NO4/c1-2-8-17-12(15)9-14-13(16)18-10-11-6-4-3-5-7-11/h3-7H,2,8-10H2,1H3,(H,14,16). The van der Waals surface area contributed by atoms with E-state index in [9.17, 15) is 9.59 Å². The zero-order valence-electron chi connectivity index (χ0n) is 10.3. The molecule has 1 aromatic carbocycles. The van der Waals surface area contributed by atoms with Gasteiger partial charge in [0.05, 0.1) is 6.61 Å². The summed E-state index contributed by atoms with van der Waals surface area (Å²) in [6, 6.07) is 9.30. The quantitative estimate of drug-likeness (QED) is 0.784. The number of hydrogen-bond donors (Lipinski definition) is 1. The predicted molar refractivity (Wildman–Crippen MR) is 65.9 cm³/mol. The summed E-state index contributed by atoms with van der Waals surface area (Å²) in [4.78, 5) is 22.3. The molecule has 0 heterocycles. The van der Waals surface area contributed by atoms with Gasteiger partial charge in [0, 0.05) is 0 Å². The number of amides is 1. The van der Waals surface area contributed by atoms with Crippen LogP contribution in [0.1, 0.15) is 18.9 Å². The molecule has 0 unspecified atom stereocenters. The molecular formula is C13H17NO4. The van der Waals surface area contributed by atoms with Crippen LogP contribution in [0.25, 0.3) is 0 Å². The monoisotopic (exact) mass is 251 g/mol. The van der Waals surface area contributed by atoms with E-state index in [0.717, 1.165) is 12.0 Å². The normalized spacial score (nSPS) is 9.61. The molecule has 0 atom stereocenters. The highest BCUT2D eigenvalue weighted by Gasteiger charge is 2.06. The van der Waals surface area contributed by atoms with Crippen molar-refractivity contribution < 1.29 is 19.1 Å². The number of carbonyl (C=O) groups excluding carboxylic acids is 2. The van der Waals surface area contributed by atoms with Crippen LogP contribution in [0, 0.1) is 0 Å². The Balaban J connectivity index is 2.16. The first kappa shape index (κ1) is 14.0. The van der Waals surface area contributed by atoms with Crippen LogP contribution in [0.5, 0.6) is 0 Å². The van der Waals surface area contributed by atoms with Gasteiger partial charge in [0.15, 0.2) is 0 Å². The Labute approximate surface area is 106 Å². The molecular weight excluding hydrogens is 234 g/mol. The Bertz CT molecular complexity index is 378. The molecule has 0 aliphatic rings. The highest BCUT2D eigenvalue weighted by molar-refractivity contribution is 5.77. The minimum atomic E-state index is -0.632. The van der Waals surface area contributed by atoms with Crippen molar-refractivity contribution in [1.29, 1.82) is 0 Å². The number of rotatable bonds is 6. The zero-order valence-corrected chi connectivity index (χ0v) is 10.3. The van der Waals surface area contributed by atoms with Gasteiger partial charge < -0.3 is 14.8 Å². The van der Waals surface area contributed by atoms with Crippen LogP contribution in [-0.2, 0) is 20.9 Å². The third-order valence-electron chi connectivity index (χ3n) is 2.06. The number of benzene rings is 1. The van der Waals surface area contributed by atoms with Crippen molar-refractivity contribution in [2.75, 3.05) is 13.2 Å². The molecule has 5 heteroatoms. The number of hydrogen-bond acceptors (Lipinski definition) is 4. The lowest BCUT2D eigenvalue weighted by molar-refractivity contribution is -0.142. The molecule has 0 saturated heterocycles. The van der Waals surface area contributed by atoms with E-state index in [0.29, 0.717) is 6.61 Å². The first-order valence-corrected chi connectivity index (χ1v) is 5.82. The molecule has 98 valence electrons. The third kappa shape index (κ3) is 5.89. The summed E-state index contributed by atoms with van der Waals surface area (Å²) in [5.74, 6) is -0.464. The van der Waals surface area contributed by atoms with Crippen LogP contribution >= 0.6 is 0 Å². The van der Waals surface area contributed by atoms with Crippen LogP contribution in [0.3, 0.4) is 0 Å². The maximum Gasteiger partial charge on any atom is 0.407 e. The average molecular weight is 251 g/mol. The lowest BCUT2D eigenvalue weighted by atomic mass is 10.2. The highest BCUT2D eigenvalue weighted by Crippen LogP contribution is 2.00. The SMILES string of the molecule is CCCOC(=O)CNC(=O)OCc1ccccc1. The zero-order chi connectivity index (χ0) is 13.2. The van der Waals surface area contributed by atoms with Crippen molar-refractivity contribution >= 4 is 12.1 Å². The molecule has 0 radical (unpaired) electrons. The summed E-state index contributed by atoms with van der Waals surface area (Å²) in [6.45, 7) is 2.26. The lowest BCUT2D eigenvalue weighted by Crippen LogP contribution is -2.31. The third-order valence-corrected chi connectivity index (χ3v) is 2.06. The van der Waals surface area contributed by atoms with Crippen molar-refractivity contribution in [1.82, 2.24) is 5.32 Å². The molecule has 0 fully saturated rings. The van der Waals surface area contributed by atoms with E-state index < -0.39 is 12.1 Å². The maximum atomic E-state index is 11.3. The lowest BCUT2D eigenvalue weighted by Gasteiger charge is -2.07. The van der Waals surface area contributed by atoms with E-state index in [2.05, 4.69) is 5.32 Å². The molecule has 0 spiro atoms. The van der Waals surface area contributed by atoms with Crippen LogP contribution in [0.15, 0.2) is 30.3 Å². The van der Waals surface area contributed by atoms with Crippen molar-refractivity contribution in [2.45, 2.75) is 20.0 Å². The molecule has 1 aromatic rings. The summed E-state index contributed by atoms with van der Waals surface area (Å²) < 4.78 is 9.72. The summed E-state index contributed by atoms with van der Waals surface area (Å²) in [6.07, 6.45) is 0.122. The summed E-state index contributed by atoms with van der Waals surface area (Å²) in [5, 5.41) is 2.33. The second-order valence-corrected chi connectivity index (χ2v) is 3.64.